The number of anilines is 1. The van der Waals surface area contributed by atoms with E-state index in [0.717, 1.165) is 37.6 Å². The van der Waals surface area contributed by atoms with E-state index >= 15 is 0 Å². The van der Waals surface area contributed by atoms with Gasteiger partial charge in [-0.1, -0.05) is 0 Å². The molecule has 0 unspecified atom stereocenters. The Morgan fingerprint density at radius 1 is 1.12 bits per heavy atom. The van der Waals surface area contributed by atoms with Crippen LogP contribution in [0.5, 0.6) is 0 Å². The predicted octanol–water partition coefficient (Wildman–Crippen LogP) is 1.68. The summed E-state index contributed by atoms with van der Waals surface area (Å²) in [4.78, 5) is 9.22. The number of hydrogen-bond acceptors (Lipinski definition) is 4. The Hall–Kier alpha value is -1.16. The Kier molecular flexibility index (Phi) is 3.33. The summed E-state index contributed by atoms with van der Waals surface area (Å²) in [5, 5.41) is 6.75. The topological polar surface area (TPSA) is 49.8 Å². The maximum absolute atomic E-state index is 4.66. The molecule has 94 valence electrons. The predicted molar refractivity (Wildman–Crippen MR) is 70.4 cm³/mol. The first kappa shape index (κ1) is 12.3. The lowest BCUT2D eigenvalue weighted by Crippen LogP contribution is -2.28. The van der Waals surface area contributed by atoms with Gasteiger partial charge < -0.3 is 10.6 Å². The number of hydrogen-bond donors (Lipinski definition) is 2. The van der Waals surface area contributed by atoms with Gasteiger partial charge in [0, 0.05) is 24.2 Å². The van der Waals surface area contributed by atoms with Gasteiger partial charge in [0.05, 0.1) is 5.69 Å². The first-order valence-corrected chi connectivity index (χ1v) is 6.31. The standard InChI is InChI=1S/C13H22N4/c1-9-10-5-7-14-8-6-11(10)16-12(15-9)17-13(2,3)4/h14H,5-8H2,1-4H3,(H,15,16,17). The lowest BCUT2D eigenvalue weighted by molar-refractivity contribution is 0.624. The molecule has 0 saturated carbocycles. The third kappa shape index (κ3) is 3.16. The van der Waals surface area contributed by atoms with Crippen LogP contribution in [0.15, 0.2) is 0 Å². The Balaban J connectivity index is 2.32. The summed E-state index contributed by atoms with van der Waals surface area (Å²) in [7, 11) is 0. The van der Waals surface area contributed by atoms with Crippen molar-refractivity contribution >= 4 is 5.95 Å². The van der Waals surface area contributed by atoms with Crippen LogP contribution in [0.1, 0.15) is 37.7 Å². The minimum atomic E-state index is 0.00363. The van der Waals surface area contributed by atoms with Crippen LogP contribution in [-0.4, -0.2) is 28.6 Å². The van der Waals surface area contributed by atoms with Gasteiger partial charge in [0.1, 0.15) is 0 Å². The highest BCUT2D eigenvalue weighted by Gasteiger charge is 2.16. The SMILES string of the molecule is Cc1nc(NC(C)(C)C)nc2c1CCNCC2. The molecule has 0 saturated heterocycles. The van der Waals surface area contributed by atoms with Crippen LogP contribution in [0.2, 0.25) is 0 Å². The van der Waals surface area contributed by atoms with Gasteiger partial charge in [0.25, 0.3) is 0 Å². The molecule has 4 nitrogen and oxygen atoms in total. The van der Waals surface area contributed by atoms with Gasteiger partial charge in [-0.15, -0.1) is 0 Å². The van der Waals surface area contributed by atoms with Gasteiger partial charge >= 0.3 is 0 Å². The molecule has 2 heterocycles. The average Bonchev–Trinajstić information content (AvgIpc) is 2.40. The van der Waals surface area contributed by atoms with Crippen molar-refractivity contribution < 1.29 is 0 Å². The number of nitrogens with zero attached hydrogens (tertiary/aromatic N) is 2. The Labute approximate surface area is 103 Å². The van der Waals surface area contributed by atoms with Crippen LogP contribution in [0.4, 0.5) is 5.95 Å². The molecule has 1 aliphatic rings. The van der Waals surface area contributed by atoms with Crippen molar-refractivity contribution in [2.24, 2.45) is 0 Å². The van der Waals surface area contributed by atoms with Crippen molar-refractivity contribution in [3.05, 3.63) is 17.0 Å². The van der Waals surface area contributed by atoms with E-state index in [1.165, 1.54) is 11.3 Å². The number of rotatable bonds is 1. The maximum atomic E-state index is 4.66. The van der Waals surface area contributed by atoms with Crippen LogP contribution >= 0.6 is 0 Å². The third-order valence-electron chi connectivity index (χ3n) is 2.88. The van der Waals surface area contributed by atoms with Crippen LogP contribution in [0, 0.1) is 6.92 Å². The largest absolute Gasteiger partial charge is 0.350 e. The van der Waals surface area contributed by atoms with Gasteiger partial charge in [0.2, 0.25) is 5.95 Å². The second-order valence-electron chi connectivity index (χ2n) is 5.68. The molecule has 4 heteroatoms. The van der Waals surface area contributed by atoms with Crippen LogP contribution in [0.25, 0.3) is 0 Å². The molecule has 2 rings (SSSR count). The zero-order valence-electron chi connectivity index (χ0n) is 11.2. The highest BCUT2D eigenvalue weighted by atomic mass is 15.1. The summed E-state index contributed by atoms with van der Waals surface area (Å²) in [5.74, 6) is 0.760. The molecule has 0 amide bonds. The molecule has 0 fully saturated rings. The molecule has 17 heavy (non-hydrogen) atoms. The molecule has 1 aromatic heterocycles. The van der Waals surface area contributed by atoms with Crippen molar-refractivity contribution in [2.45, 2.75) is 46.1 Å². The van der Waals surface area contributed by atoms with Gasteiger partial charge in [-0.2, -0.15) is 0 Å². The summed E-state index contributed by atoms with van der Waals surface area (Å²) in [6, 6.07) is 0. The quantitative estimate of drug-likeness (QED) is 0.776. The molecular formula is C13H22N4. The summed E-state index contributed by atoms with van der Waals surface area (Å²) in [6.07, 6.45) is 2.04. The van der Waals surface area contributed by atoms with Crippen molar-refractivity contribution in [3.63, 3.8) is 0 Å². The Morgan fingerprint density at radius 2 is 1.82 bits per heavy atom. The summed E-state index contributed by atoms with van der Waals surface area (Å²) >= 11 is 0. The van der Waals surface area contributed by atoms with E-state index in [1.54, 1.807) is 0 Å². The maximum Gasteiger partial charge on any atom is 0.223 e. The molecule has 0 bridgehead atoms. The number of fused-ring (bicyclic) bond motifs is 1. The minimum Gasteiger partial charge on any atom is -0.350 e. The van der Waals surface area contributed by atoms with Gasteiger partial charge in [-0.25, -0.2) is 9.97 Å². The highest BCUT2D eigenvalue weighted by molar-refractivity contribution is 5.36. The molecule has 1 aromatic rings. The first-order chi connectivity index (χ1) is 7.96. The Morgan fingerprint density at radius 3 is 2.53 bits per heavy atom. The molecule has 1 aliphatic heterocycles. The van der Waals surface area contributed by atoms with Crippen LogP contribution in [-0.2, 0) is 12.8 Å². The molecule has 0 aliphatic carbocycles. The highest BCUT2D eigenvalue weighted by Crippen LogP contribution is 2.18. The summed E-state index contributed by atoms with van der Waals surface area (Å²) in [5.41, 5.74) is 3.65. The van der Waals surface area contributed by atoms with Crippen LogP contribution < -0.4 is 10.6 Å². The van der Waals surface area contributed by atoms with Gasteiger partial charge in [-0.3, -0.25) is 0 Å². The lowest BCUT2D eigenvalue weighted by atomic mass is 10.1. The molecule has 2 N–H and O–H groups in total. The molecular weight excluding hydrogens is 212 g/mol. The van der Waals surface area contributed by atoms with Crippen LogP contribution in [0.3, 0.4) is 0 Å². The smallest absolute Gasteiger partial charge is 0.223 e. The molecule has 0 aromatic carbocycles. The third-order valence-corrected chi connectivity index (χ3v) is 2.88. The summed E-state index contributed by atoms with van der Waals surface area (Å²) in [6.45, 7) is 10.5. The van der Waals surface area contributed by atoms with E-state index in [2.05, 4.69) is 48.3 Å². The zero-order chi connectivity index (χ0) is 12.5. The normalized spacial score (nSPS) is 16.2. The zero-order valence-corrected chi connectivity index (χ0v) is 11.2. The number of nitrogens with one attached hydrogen (secondary N) is 2. The van der Waals surface area contributed by atoms with E-state index in [9.17, 15) is 0 Å². The fourth-order valence-corrected chi connectivity index (χ4v) is 2.12. The van der Waals surface area contributed by atoms with E-state index in [-0.39, 0.29) is 5.54 Å². The van der Waals surface area contributed by atoms with Crippen molar-refractivity contribution in [1.82, 2.24) is 15.3 Å². The molecule has 0 atom stereocenters. The monoisotopic (exact) mass is 234 g/mol. The second-order valence-corrected chi connectivity index (χ2v) is 5.68. The van der Waals surface area contributed by atoms with E-state index in [4.69, 9.17) is 0 Å². The Bertz CT molecular complexity index is 407. The van der Waals surface area contributed by atoms with Crippen molar-refractivity contribution in [1.29, 1.82) is 0 Å². The molecule has 0 radical (unpaired) electrons. The second kappa shape index (κ2) is 4.61. The van der Waals surface area contributed by atoms with Gasteiger partial charge in [0.15, 0.2) is 0 Å². The fraction of sp³-hybridized carbons (Fsp3) is 0.692. The fourth-order valence-electron chi connectivity index (χ4n) is 2.12. The lowest BCUT2D eigenvalue weighted by Gasteiger charge is -2.21. The number of aryl methyl sites for hydroxylation is 1. The first-order valence-electron chi connectivity index (χ1n) is 6.31. The van der Waals surface area contributed by atoms with E-state index < -0.39 is 0 Å². The number of aromatic nitrogens is 2. The minimum absolute atomic E-state index is 0.00363. The average molecular weight is 234 g/mol. The van der Waals surface area contributed by atoms with Gasteiger partial charge in [-0.05, 0) is 46.2 Å². The van der Waals surface area contributed by atoms with E-state index in [0.29, 0.717) is 0 Å². The summed E-state index contributed by atoms with van der Waals surface area (Å²) < 4.78 is 0. The molecule has 0 spiro atoms. The van der Waals surface area contributed by atoms with E-state index in [1.807, 2.05) is 0 Å². The van der Waals surface area contributed by atoms with Crippen molar-refractivity contribution in [3.8, 4) is 0 Å². The van der Waals surface area contributed by atoms with Crippen molar-refractivity contribution in [2.75, 3.05) is 18.4 Å².